The molecule has 0 spiro atoms. The molecule has 2 nitrogen and oxygen atoms in total. The van der Waals surface area contributed by atoms with Crippen LogP contribution >= 0.6 is 0 Å². The fourth-order valence-corrected chi connectivity index (χ4v) is 0. The normalized spacial score (nSPS) is 12.7. The maximum atomic E-state index is 10.8. The van der Waals surface area contributed by atoms with Crippen LogP contribution in [0.2, 0.25) is 0 Å². The van der Waals surface area contributed by atoms with Crippen LogP contribution in [0, 0.1) is 0 Å². The fraction of sp³-hybridized carbons (Fsp3) is 1.00. The van der Waals surface area contributed by atoms with Crippen LogP contribution in [0.15, 0.2) is 0 Å². The van der Waals surface area contributed by atoms with Crippen LogP contribution in [-0.4, -0.2) is 60.1 Å². The zero-order valence-corrected chi connectivity index (χ0v) is 11.0. The summed E-state index contributed by atoms with van der Waals surface area (Å²) < 4.78 is 0. The van der Waals surface area contributed by atoms with E-state index >= 15 is 0 Å². The zero-order chi connectivity index (χ0) is 7.00. The zero-order valence-electron chi connectivity index (χ0n) is 6.52. The summed E-state index contributed by atoms with van der Waals surface area (Å²) in [6.07, 6.45) is 0. The van der Waals surface area contributed by atoms with Crippen molar-refractivity contribution < 1.29 is 10.2 Å². The maximum Gasteiger partial charge on any atom is 2.00 e. The van der Waals surface area contributed by atoms with Crippen LogP contribution in [0.3, 0.4) is 0 Å². The van der Waals surface area contributed by atoms with Crippen molar-refractivity contribution in [1.82, 2.24) is 0 Å². The summed E-state index contributed by atoms with van der Waals surface area (Å²) >= 11 is 0. The molecular weight excluding hydrogens is 241 g/mol. The van der Waals surface area contributed by atoms with Gasteiger partial charge in [0.15, 0.2) is 0 Å². The van der Waals surface area contributed by atoms with E-state index in [1.54, 1.807) is 0 Å². The van der Waals surface area contributed by atoms with Gasteiger partial charge in [-0.1, -0.05) is 27.7 Å². The van der Waals surface area contributed by atoms with Gasteiger partial charge in [0.25, 0.3) is 0 Å². The molecule has 0 radical (unpaired) electrons. The molecule has 0 aromatic carbocycles. The van der Waals surface area contributed by atoms with Gasteiger partial charge in [-0.15, -0.1) is 11.2 Å². The summed E-state index contributed by atoms with van der Waals surface area (Å²) in [5.41, 5.74) is -2.74. The van der Waals surface area contributed by atoms with Gasteiger partial charge in [0.1, 0.15) is 0 Å². The van der Waals surface area contributed by atoms with Gasteiger partial charge < -0.3 is 10.2 Å². The molecule has 0 aromatic heterocycles. The predicted molar refractivity (Wildman–Crippen MR) is 33.9 cm³/mol. The Labute approximate surface area is 96.7 Å². The molecule has 0 atom stereocenters. The first kappa shape index (κ1) is 13.1. The van der Waals surface area contributed by atoms with E-state index in [9.17, 15) is 10.2 Å². The average molecular weight is 253 g/mol. The number of hydrogen-bond donors (Lipinski definition) is 0. The van der Waals surface area contributed by atoms with E-state index in [1.807, 2.05) is 0 Å². The molecule has 9 heavy (non-hydrogen) atoms. The van der Waals surface area contributed by atoms with E-state index in [4.69, 9.17) is 0 Å². The fourth-order valence-electron chi connectivity index (χ4n) is 0. The summed E-state index contributed by atoms with van der Waals surface area (Å²) in [6.45, 7) is 5.61. The molecule has 0 aliphatic carbocycles. The van der Waals surface area contributed by atoms with Crippen molar-refractivity contribution in [3.63, 3.8) is 0 Å². The Kier molecular flexibility index (Phi) is 5.48. The van der Waals surface area contributed by atoms with Crippen molar-refractivity contribution >= 4 is 48.9 Å². The SMILES string of the molecule is CC(C)([O-])C(C)(C)[O-].[Ba+2]. The Morgan fingerprint density at radius 2 is 0.889 bits per heavy atom. The maximum absolute atomic E-state index is 10.8. The standard InChI is InChI=1S/C6H12O2.Ba/c1-5(2,7)6(3,4)8;/h1-4H3;/q-2;+2. The Hall–Kier alpha value is 1.49. The molecule has 0 fully saturated rings. The third kappa shape index (κ3) is 4.84. The molecule has 0 heterocycles. The summed E-state index contributed by atoms with van der Waals surface area (Å²) in [5, 5.41) is 21.6. The topological polar surface area (TPSA) is 46.1 Å². The summed E-state index contributed by atoms with van der Waals surface area (Å²) in [7, 11) is 0. The second kappa shape index (κ2) is 3.76. The van der Waals surface area contributed by atoms with Gasteiger partial charge in [-0.25, -0.2) is 0 Å². The molecule has 0 aliphatic heterocycles. The second-order valence-corrected chi connectivity index (χ2v) is 3.02. The molecular formula is C6H12BaO2. The average Bonchev–Trinajstić information content (AvgIpc) is 1.25. The van der Waals surface area contributed by atoms with E-state index in [2.05, 4.69) is 0 Å². The Bertz CT molecular complexity index is 66.0. The monoisotopic (exact) mass is 254 g/mol. The third-order valence-electron chi connectivity index (χ3n) is 1.45. The molecule has 0 aromatic rings. The smallest absolute Gasteiger partial charge is 0.850 e. The molecule has 0 aliphatic rings. The summed E-state index contributed by atoms with van der Waals surface area (Å²) in [4.78, 5) is 0. The van der Waals surface area contributed by atoms with Crippen LogP contribution < -0.4 is 10.2 Å². The van der Waals surface area contributed by atoms with E-state index in [0.717, 1.165) is 0 Å². The summed E-state index contributed by atoms with van der Waals surface area (Å²) in [6, 6.07) is 0. The van der Waals surface area contributed by atoms with Crippen molar-refractivity contribution in [3.8, 4) is 0 Å². The second-order valence-electron chi connectivity index (χ2n) is 3.02. The molecule has 0 N–H and O–H groups in total. The Balaban J connectivity index is 0. The quantitative estimate of drug-likeness (QED) is 0.556. The number of hydrogen-bond acceptors (Lipinski definition) is 2. The van der Waals surface area contributed by atoms with E-state index < -0.39 is 11.2 Å². The van der Waals surface area contributed by atoms with Crippen LogP contribution in [0.25, 0.3) is 0 Å². The van der Waals surface area contributed by atoms with Crippen LogP contribution in [0.5, 0.6) is 0 Å². The molecule has 0 saturated carbocycles. The van der Waals surface area contributed by atoms with E-state index in [-0.39, 0.29) is 48.9 Å². The molecule has 0 bridgehead atoms. The molecule has 0 saturated heterocycles. The molecule has 50 valence electrons. The number of rotatable bonds is 1. The third-order valence-corrected chi connectivity index (χ3v) is 1.45. The van der Waals surface area contributed by atoms with Crippen molar-refractivity contribution in [2.75, 3.05) is 0 Å². The van der Waals surface area contributed by atoms with E-state index in [1.165, 1.54) is 27.7 Å². The van der Waals surface area contributed by atoms with Gasteiger partial charge in [0.05, 0.1) is 0 Å². The van der Waals surface area contributed by atoms with Gasteiger partial charge in [-0.05, 0) is 0 Å². The van der Waals surface area contributed by atoms with Gasteiger partial charge in [0, 0.05) is 0 Å². The van der Waals surface area contributed by atoms with Gasteiger partial charge >= 0.3 is 48.9 Å². The Morgan fingerprint density at radius 3 is 0.889 bits per heavy atom. The summed E-state index contributed by atoms with van der Waals surface area (Å²) in [5.74, 6) is 0. The van der Waals surface area contributed by atoms with Crippen molar-refractivity contribution in [3.05, 3.63) is 0 Å². The van der Waals surface area contributed by atoms with Gasteiger partial charge in [0.2, 0.25) is 0 Å². The molecule has 0 rings (SSSR count). The van der Waals surface area contributed by atoms with Crippen molar-refractivity contribution in [2.45, 2.75) is 38.9 Å². The van der Waals surface area contributed by atoms with Gasteiger partial charge in [-0.2, -0.15) is 0 Å². The first-order valence-corrected chi connectivity index (χ1v) is 2.66. The first-order chi connectivity index (χ1) is 3.25. The minimum atomic E-state index is -1.37. The van der Waals surface area contributed by atoms with E-state index in [0.29, 0.717) is 0 Å². The largest absolute Gasteiger partial charge is 2.00 e. The van der Waals surface area contributed by atoms with Crippen molar-refractivity contribution in [2.24, 2.45) is 0 Å². The van der Waals surface area contributed by atoms with Gasteiger partial charge in [-0.3, -0.25) is 0 Å². The first-order valence-electron chi connectivity index (χ1n) is 2.66. The van der Waals surface area contributed by atoms with Crippen molar-refractivity contribution in [1.29, 1.82) is 0 Å². The molecule has 0 unspecified atom stereocenters. The Morgan fingerprint density at radius 1 is 0.778 bits per heavy atom. The van der Waals surface area contributed by atoms with Crippen LogP contribution in [-0.2, 0) is 0 Å². The molecule has 0 amide bonds. The van der Waals surface area contributed by atoms with Crippen LogP contribution in [0.1, 0.15) is 27.7 Å². The predicted octanol–water partition coefficient (Wildman–Crippen LogP) is -1.12. The van der Waals surface area contributed by atoms with Crippen LogP contribution in [0.4, 0.5) is 0 Å². The minimum Gasteiger partial charge on any atom is -0.850 e. The minimum absolute atomic E-state index is 0. The molecule has 3 heteroatoms.